The molecule has 0 unspecified atom stereocenters. The Bertz CT molecular complexity index is 2180. The second kappa shape index (κ2) is 21.3. The van der Waals surface area contributed by atoms with E-state index in [-0.39, 0.29) is 35.5 Å². The van der Waals surface area contributed by atoms with Gasteiger partial charge >= 0.3 is 11.9 Å². The third-order valence-electron chi connectivity index (χ3n) is 21.0. The van der Waals surface area contributed by atoms with Gasteiger partial charge in [-0.2, -0.15) is 0 Å². The third-order valence-corrected chi connectivity index (χ3v) is 21.0. The average molecular weight is 1110 g/mol. The molecule has 0 aromatic carbocycles. The van der Waals surface area contributed by atoms with Crippen LogP contribution in [-0.4, -0.2) is 232 Å². The predicted molar refractivity (Wildman–Crippen MR) is 259 cm³/mol. The molecule has 77 heavy (non-hydrogen) atoms. The maximum Gasteiger partial charge on any atom is 0.335 e. The minimum absolute atomic E-state index is 0.0188. The molecule has 0 bridgehead atoms. The smallest absolute Gasteiger partial charge is 0.335 e. The van der Waals surface area contributed by atoms with E-state index in [1.54, 1.807) is 0 Å². The molecule has 4 saturated carbocycles. The van der Waals surface area contributed by atoms with Gasteiger partial charge in [-0.3, -0.25) is 4.79 Å². The lowest BCUT2D eigenvalue weighted by molar-refractivity contribution is -0.374. The van der Waals surface area contributed by atoms with E-state index in [4.69, 9.17) is 37.9 Å². The number of aliphatic hydroxyl groups is 13. The molecule has 9 aliphatic rings. The van der Waals surface area contributed by atoms with Gasteiger partial charge in [0.25, 0.3) is 0 Å². The summed E-state index contributed by atoms with van der Waals surface area (Å²) in [4.78, 5) is 27.4. The summed E-state index contributed by atoms with van der Waals surface area (Å²) in [6, 6.07) is 0. The van der Waals surface area contributed by atoms with E-state index >= 15 is 4.79 Å². The van der Waals surface area contributed by atoms with Crippen molar-refractivity contribution in [2.75, 3.05) is 19.8 Å². The van der Waals surface area contributed by atoms with Crippen LogP contribution in [-0.2, 0) is 47.5 Å². The second-order valence-corrected chi connectivity index (χ2v) is 26.0. The van der Waals surface area contributed by atoms with Gasteiger partial charge in [-0.1, -0.05) is 60.1 Å². The SMILES string of the molecule is CC1(C)CC[C@]2(C(=O)O[C@@H]3OC[C@@H](O)[C@H](O[C@@H]4O[C@H](CO)[C@@H](O)[C@H](O)[C@H]4O)[C@H]3O)[C@H](O)C[C@]3(C)C(=CC[C@@H]4[C@@]5(C)CC[C@H](O[C@@H]6O[C@H](C(=O)O)[C@@H](O)[C@H](O)[C@H]6O[C@@H]6O[C@H](CO)[C@H](O)[C@H](O)[C@H]6O)C(C)(C)[C@@H]5CC[C@]43C)[C@@H]2C1. The van der Waals surface area contributed by atoms with Crippen molar-refractivity contribution in [2.24, 2.45) is 50.2 Å². The Balaban J connectivity index is 0.956. The summed E-state index contributed by atoms with van der Waals surface area (Å²) in [5, 5.41) is 150. The number of ether oxygens (including phenoxy) is 8. The lowest BCUT2D eigenvalue weighted by Gasteiger charge is -2.71. The number of carbonyl (C=O) groups is 2. The Morgan fingerprint density at radius 1 is 0.610 bits per heavy atom. The number of aliphatic hydroxyl groups excluding tert-OH is 13. The van der Waals surface area contributed by atoms with Crippen molar-refractivity contribution < 1.29 is 119 Å². The van der Waals surface area contributed by atoms with Crippen molar-refractivity contribution in [3.05, 3.63) is 11.6 Å². The minimum Gasteiger partial charge on any atom is -0.479 e. The fraction of sp³-hybridized carbons (Fsp3) is 0.925. The summed E-state index contributed by atoms with van der Waals surface area (Å²) < 4.78 is 47.1. The minimum atomic E-state index is -2.02. The zero-order chi connectivity index (χ0) is 56.4. The fourth-order valence-electron chi connectivity index (χ4n) is 16.3. The lowest BCUT2D eigenvalue weighted by atomic mass is 9.33. The number of hydrogen-bond donors (Lipinski definition) is 14. The number of fused-ring (bicyclic) bond motifs is 7. The predicted octanol–water partition coefficient (Wildman–Crippen LogP) is -2.33. The summed E-state index contributed by atoms with van der Waals surface area (Å²) in [5.74, 6) is -2.84. The number of rotatable bonds is 11. The van der Waals surface area contributed by atoms with Gasteiger partial charge in [0.15, 0.2) is 25.0 Å². The van der Waals surface area contributed by atoms with Gasteiger partial charge < -0.3 is 109 Å². The van der Waals surface area contributed by atoms with E-state index in [1.165, 1.54) is 0 Å². The third kappa shape index (κ3) is 9.55. The fourth-order valence-corrected chi connectivity index (χ4v) is 16.3. The summed E-state index contributed by atoms with van der Waals surface area (Å²) in [7, 11) is 0. The van der Waals surface area contributed by atoms with Crippen LogP contribution >= 0.6 is 0 Å². The Labute approximate surface area is 446 Å². The Kier molecular flexibility index (Phi) is 16.4. The summed E-state index contributed by atoms with van der Waals surface area (Å²) >= 11 is 0. The van der Waals surface area contributed by atoms with E-state index in [0.29, 0.717) is 44.9 Å². The molecule has 9 rings (SSSR count). The maximum absolute atomic E-state index is 15.1. The second-order valence-electron chi connectivity index (χ2n) is 26.0. The Hall–Kier alpha value is -2.12. The quantitative estimate of drug-likeness (QED) is 0.0586. The van der Waals surface area contributed by atoms with Crippen LogP contribution in [0.15, 0.2) is 11.6 Å². The molecular weight excluding hydrogens is 1020 g/mol. The topological polar surface area (TPSA) is 391 Å². The average Bonchev–Trinajstić information content (AvgIpc) is 3.54. The molecule has 0 amide bonds. The number of aliphatic carboxylic acids is 1. The molecule has 0 aromatic heterocycles. The molecule has 0 spiro atoms. The van der Waals surface area contributed by atoms with Gasteiger partial charge in [0.2, 0.25) is 6.29 Å². The molecule has 0 radical (unpaired) electrons. The first kappa shape index (κ1) is 59.5. The highest BCUT2D eigenvalue weighted by Crippen LogP contribution is 2.76. The highest BCUT2D eigenvalue weighted by Gasteiger charge is 2.72. The van der Waals surface area contributed by atoms with E-state index in [0.717, 1.165) is 5.57 Å². The van der Waals surface area contributed by atoms with Crippen LogP contribution in [0.3, 0.4) is 0 Å². The van der Waals surface area contributed by atoms with Crippen molar-refractivity contribution in [1.29, 1.82) is 0 Å². The molecule has 4 heterocycles. The lowest BCUT2D eigenvalue weighted by Crippen LogP contribution is -2.68. The number of carboxylic acids is 1. The van der Waals surface area contributed by atoms with E-state index in [2.05, 4.69) is 54.5 Å². The number of hydrogen-bond acceptors (Lipinski definition) is 23. The monoisotopic (exact) mass is 1100 g/mol. The van der Waals surface area contributed by atoms with Gasteiger partial charge in [0.05, 0.1) is 32.0 Å². The molecule has 8 fully saturated rings. The number of carbonyl (C=O) groups excluding carboxylic acids is 1. The zero-order valence-corrected chi connectivity index (χ0v) is 44.8. The maximum atomic E-state index is 15.1. The van der Waals surface area contributed by atoms with Gasteiger partial charge in [-0.25, -0.2) is 4.79 Å². The van der Waals surface area contributed by atoms with Gasteiger partial charge in [0.1, 0.15) is 90.9 Å². The molecule has 24 heteroatoms. The highest BCUT2D eigenvalue weighted by atomic mass is 16.8. The molecule has 5 aliphatic carbocycles. The standard InChI is InChI=1S/C53H84O24/c1-48(2)14-15-53(47(69)77-43-38(66)39(23(56)20-70-43)74-44-36(64)32(60)30(58)24(18-54)71-44)22(16-48)21-8-9-27-50(5)12-11-29(49(3,4)26(50)10-13-51(27,6)52(21,7)17-28(53)57)73-46-41(35(63)34(62)40(75-46)42(67)68)76-45-37(65)33(61)31(59)25(19-55)72-45/h8,22-41,43-46,54-66H,9-20H2,1-7H3,(H,67,68)/t22-,23+,24+,25+,26-,27+,28+,29-,30+,31-,32-,33-,34-,35-,36+,37+,38+,39-,40-,41+,43-,44-,45-,46+,50-,51+,52+,53+/m0/s1. The van der Waals surface area contributed by atoms with Crippen LogP contribution in [0.5, 0.6) is 0 Å². The molecule has 0 aromatic rings. The van der Waals surface area contributed by atoms with Gasteiger partial charge in [-0.05, 0) is 103 Å². The van der Waals surface area contributed by atoms with Crippen molar-refractivity contribution in [3.8, 4) is 0 Å². The van der Waals surface area contributed by atoms with Crippen LogP contribution in [0.4, 0.5) is 0 Å². The highest BCUT2D eigenvalue weighted by molar-refractivity contribution is 5.80. The molecule has 14 N–H and O–H groups in total. The van der Waals surface area contributed by atoms with Crippen molar-refractivity contribution in [1.82, 2.24) is 0 Å². The first-order valence-electron chi connectivity index (χ1n) is 27.3. The molecule has 28 atom stereocenters. The van der Waals surface area contributed by atoms with Crippen LogP contribution in [0.25, 0.3) is 0 Å². The van der Waals surface area contributed by atoms with E-state index < -0.39 is 188 Å². The first-order valence-corrected chi connectivity index (χ1v) is 27.3. The number of allylic oxidation sites excluding steroid dienone is 2. The van der Waals surface area contributed by atoms with Crippen LogP contribution < -0.4 is 0 Å². The molecular formula is C53H84O24. The molecule has 4 saturated heterocycles. The summed E-state index contributed by atoms with van der Waals surface area (Å²) in [5.41, 5.74) is -2.73. The van der Waals surface area contributed by atoms with Crippen LogP contribution in [0, 0.1) is 50.2 Å². The van der Waals surface area contributed by atoms with Gasteiger partial charge in [-0.15, -0.1) is 0 Å². The van der Waals surface area contributed by atoms with Crippen molar-refractivity contribution in [3.63, 3.8) is 0 Å². The summed E-state index contributed by atoms with van der Waals surface area (Å²) in [6.07, 6.45) is -27.8. The largest absolute Gasteiger partial charge is 0.479 e. The molecule has 440 valence electrons. The van der Waals surface area contributed by atoms with Crippen molar-refractivity contribution in [2.45, 2.75) is 235 Å². The van der Waals surface area contributed by atoms with Gasteiger partial charge in [0, 0.05) is 0 Å². The molecule has 4 aliphatic heterocycles. The number of carboxylic acid groups (broad SMARTS) is 1. The van der Waals surface area contributed by atoms with E-state index in [1.807, 2.05) is 0 Å². The Morgan fingerprint density at radius 3 is 1.79 bits per heavy atom. The van der Waals surface area contributed by atoms with Crippen LogP contribution in [0.2, 0.25) is 0 Å². The summed E-state index contributed by atoms with van der Waals surface area (Å²) in [6.45, 7) is 13.2. The normalized spacial score (nSPS) is 53.4. The molecule has 24 nitrogen and oxygen atoms in total. The zero-order valence-electron chi connectivity index (χ0n) is 44.8. The first-order chi connectivity index (χ1) is 35.9. The Morgan fingerprint density at radius 2 is 1.21 bits per heavy atom. The van der Waals surface area contributed by atoms with Crippen molar-refractivity contribution >= 4 is 11.9 Å². The van der Waals surface area contributed by atoms with E-state index in [9.17, 15) is 76.3 Å². The van der Waals surface area contributed by atoms with Crippen LogP contribution in [0.1, 0.15) is 106 Å². The number of esters is 1.